The molecule has 1 aromatic carbocycles. The Hall–Kier alpha value is -1.02. The normalized spacial score (nSPS) is 15.6. The quantitative estimate of drug-likeness (QED) is 0.792. The van der Waals surface area contributed by atoms with Crippen molar-refractivity contribution in [2.75, 3.05) is 6.61 Å². The molecule has 2 heteroatoms. The summed E-state index contributed by atoms with van der Waals surface area (Å²) in [7, 11) is 0. The van der Waals surface area contributed by atoms with Crippen LogP contribution < -0.4 is 10.5 Å². The number of aryl methyl sites for hydroxylation is 1. The molecule has 0 radical (unpaired) electrons. The number of nitrogens with two attached hydrogens (primary N) is 1. The fourth-order valence-corrected chi connectivity index (χ4v) is 1.49. The van der Waals surface area contributed by atoms with Gasteiger partial charge in [0.25, 0.3) is 0 Å². The Morgan fingerprint density at radius 1 is 1.43 bits per heavy atom. The third kappa shape index (κ3) is 2.26. The van der Waals surface area contributed by atoms with E-state index < -0.39 is 0 Å². The predicted molar refractivity (Wildman–Crippen MR) is 57.3 cm³/mol. The topological polar surface area (TPSA) is 35.2 Å². The van der Waals surface area contributed by atoms with Gasteiger partial charge in [0, 0.05) is 6.54 Å². The second kappa shape index (κ2) is 4.01. The lowest BCUT2D eigenvalue weighted by Crippen LogP contribution is -2.02. The van der Waals surface area contributed by atoms with Crippen LogP contribution in [0.1, 0.15) is 24.0 Å². The van der Waals surface area contributed by atoms with Crippen molar-refractivity contribution in [2.24, 2.45) is 11.7 Å². The van der Waals surface area contributed by atoms with Gasteiger partial charge in [-0.15, -0.1) is 0 Å². The van der Waals surface area contributed by atoms with E-state index in [0.717, 1.165) is 18.3 Å². The molecule has 0 unspecified atom stereocenters. The molecule has 1 aliphatic rings. The van der Waals surface area contributed by atoms with Crippen LogP contribution in [0.4, 0.5) is 0 Å². The van der Waals surface area contributed by atoms with Gasteiger partial charge in [-0.05, 0) is 42.9 Å². The number of hydrogen-bond donors (Lipinski definition) is 1. The molecule has 2 nitrogen and oxygen atoms in total. The summed E-state index contributed by atoms with van der Waals surface area (Å²) in [5.41, 5.74) is 7.92. The average Bonchev–Trinajstić information content (AvgIpc) is 2.99. The Morgan fingerprint density at radius 3 is 2.79 bits per heavy atom. The average molecular weight is 191 g/mol. The molecular formula is C12H17NO. The molecule has 2 rings (SSSR count). The predicted octanol–water partition coefficient (Wildman–Crippen LogP) is 2.24. The summed E-state index contributed by atoms with van der Waals surface area (Å²) in [6.45, 7) is 3.55. The van der Waals surface area contributed by atoms with Gasteiger partial charge in [-0.25, -0.2) is 0 Å². The van der Waals surface area contributed by atoms with E-state index in [1.165, 1.54) is 24.0 Å². The summed E-state index contributed by atoms with van der Waals surface area (Å²) in [6, 6.07) is 6.16. The van der Waals surface area contributed by atoms with Crippen LogP contribution in [0.5, 0.6) is 5.75 Å². The highest BCUT2D eigenvalue weighted by Crippen LogP contribution is 2.30. The van der Waals surface area contributed by atoms with Gasteiger partial charge >= 0.3 is 0 Å². The fourth-order valence-electron chi connectivity index (χ4n) is 1.49. The van der Waals surface area contributed by atoms with Crippen molar-refractivity contribution in [3.63, 3.8) is 0 Å². The van der Waals surface area contributed by atoms with Gasteiger partial charge in [0.15, 0.2) is 0 Å². The lowest BCUT2D eigenvalue weighted by Gasteiger charge is -2.09. The Labute approximate surface area is 85.1 Å². The minimum Gasteiger partial charge on any atom is -0.493 e. The second-order valence-electron chi connectivity index (χ2n) is 4.06. The molecule has 76 valence electrons. The molecule has 0 amide bonds. The van der Waals surface area contributed by atoms with E-state index in [2.05, 4.69) is 13.0 Å². The van der Waals surface area contributed by atoms with Crippen LogP contribution in [0, 0.1) is 12.8 Å². The van der Waals surface area contributed by atoms with Crippen molar-refractivity contribution in [3.05, 3.63) is 29.3 Å². The van der Waals surface area contributed by atoms with Crippen LogP contribution in [0.2, 0.25) is 0 Å². The molecule has 1 aliphatic carbocycles. The zero-order chi connectivity index (χ0) is 9.97. The number of benzene rings is 1. The fraction of sp³-hybridized carbons (Fsp3) is 0.500. The molecule has 0 aliphatic heterocycles. The number of hydrogen-bond acceptors (Lipinski definition) is 2. The highest BCUT2D eigenvalue weighted by atomic mass is 16.5. The van der Waals surface area contributed by atoms with E-state index in [4.69, 9.17) is 10.5 Å². The van der Waals surface area contributed by atoms with Gasteiger partial charge in [0.05, 0.1) is 6.61 Å². The van der Waals surface area contributed by atoms with Gasteiger partial charge in [0.1, 0.15) is 5.75 Å². The van der Waals surface area contributed by atoms with E-state index in [-0.39, 0.29) is 0 Å². The zero-order valence-corrected chi connectivity index (χ0v) is 8.62. The summed E-state index contributed by atoms with van der Waals surface area (Å²) < 4.78 is 5.72. The van der Waals surface area contributed by atoms with E-state index in [9.17, 15) is 0 Å². The first kappa shape index (κ1) is 9.53. The molecule has 0 heterocycles. The summed E-state index contributed by atoms with van der Waals surface area (Å²) in [4.78, 5) is 0. The maximum Gasteiger partial charge on any atom is 0.122 e. The summed E-state index contributed by atoms with van der Waals surface area (Å²) in [6.07, 6.45) is 2.67. The molecular weight excluding hydrogens is 174 g/mol. The van der Waals surface area contributed by atoms with Crippen molar-refractivity contribution in [1.82, 2.24) is 0 Å². The van der Waals surface area contributed by atoms with Gasteiger partial charge < -0.3 is 10.5 Å². The van der Waals surface area contributed by atoms with Crippen LogP contribution in [0.15, 0.2) is 18.2 Å². The number of ether oxygens (including phenoxy) is 1. The standard InChI is InChI=1S/C12H17NO/c1-9-6-11(7-13)4-5-12(9)14-8-10-2-3-10/h4-6,10H,2-3,7-8,13H2,1H3. The Morgan fingerprint density at radius 2 is 2.21 bits per heavy atom. The maximum absolute atomic E-state index is 5.72. The smallest absolute Gasteiger partial charge is 0.122 e. The van der Waals surface area contributed by atoms with E-state index in [0.29, 0.717) is 6.54 Å². The van der Waals surface area contributed by atoms with Crippen molar-refractivity contribution in [1.29, 1.82) is 0 Å². The molecule has 1 saturated carbocycles. The van der Waals surface area contributed by atoms with Gasteiger partial charge in [0.2, 0.25) is 0 Å². The Balaban J connectivity index is 2.01. The third-order valence-corrected chi connectivity index (χ3v) is 2.65. The highest BCUT2D eigenvalue weighted by molar-refractivity contribution is 5.36. The van der Waals surface area contributed by atoms with Crippen molar-refractivity contribution >= 4 is 0 Å². The van der Waals surface area contributed by atoms with E-state index >= 15 is 0 Å². The van der Waals surface area contributed by atoms with Crippen LogP contribution in [0.25, 0.3) is 0 Å². The largest absolute Gasteiger partial charge is 0.493 e. The Bertz CT molecular complexity index is 318. The molecule has 2 N–H and O–H groups in total. The molecule has 1 fully saturated rings. The van der Waals surface area contributed by atoms with Crippen LogP contribution in [-0.4, -0.2) is 6.61 Å². The van der Waals surface area contributed by atoms with Gasteiger partial charge in [-0.1, -0.05) is 12.1 Å². The maximum atomic E-state index is 5.72. The first-order valence-electron chi connectivity index (χ1n) is 5.22. The molecule has 14 heavy (non-hydrogen) atoms. The van der Waals surface area contributed by atoms with E-state index in [1.807, 2.05) is 12.1 Å². The van der Waals surface area contributed by atoms with Gasteiger partial charge in [-0.3, -0.25) is 0 Å². The lowest BCUT2D eigenvalue weighted by atomic mass is 10.1. The molecule has 0 spiro atoms. The summed E-state index contributed by atoms with van der Waals surface area (Å²) >= 11 is 0. The molecule has 0 saturated heterocycles. The van der Waals surface area contributed by atoms with E-state index in [1.54, 1.807) is 0 Å². The minimum absolute atomic E-state index is 0.601. The lowest BCUT2D eigenvalue weighted by molar-refractivity contribution is 0.298. The number of rotatable bonds is 4. The van der Waals surface area contributed by atoms with Crippen molar-refractivity contribution in [2.45, 2.75) is 26.3 Å². The SMILES string of the molecule is Cc1cc(CN)ccc1OCC1CC1. The van der Waals surface area contributed by atoms with Crippen molar-refractivity contribution < 1.29 is 4.74 Å². The highest BCUT2D eigenvalue weighted by Gasteiger charge is 2.22. The summed E-state index contributed by atoms with van der Waals surface area (Å²) in [5, 5.41) is 0. The third-order valence-electron chi connectivity index (χ3n) is 2.65. The molecule has 0 aromatic heterocycles. The van der Waals surface area contributed by atoms with Crippen LogP contribution in [0.3, 0.4) is 0 Å². The second-order valence-corrected chi connectivity index (χ2v) is 4.06. The van der Waals surface area contributed by atoms with Gasteiger partial charge in [-0.2, -0.15) is 0 Å². The van der Waals surface area contributed by atoms with Crippen LogP contribution >= 0.6 is 0 Å². The minimum atomic E-state index is 0.601. The molecule has 0 bridgehead atoms. The first-order valence-corrected chi connectivity index (χ1v) is 5.22. The molecule has 1 aromatic rings. The monoisotopic (exact) mass is 191 g/mol. The van der Waals surface area contributed by atoms with Crippen molar-refractivity contribution in [3.8, 4) is 5.75 Å². The zero-order valence-electron chi connectivity index (χ0n) is 8.62. The first-order chi connectivity index (χ1) is 6.79. The summed E-state index contributed by atoms with van der Waals surface area (Å²) in [5.74, 6) is 1.82. The Kier molecular flexibility index (Phi) is 2.73. The van der Waals surface area contributed by atoms with Crippen LogP contribution in [-0.2, 0) is 6.54 Å². The molecule has 0 atom stereocenters.